The highest BCUT2D eigenvalue weighted by atomic mass is 16.5. The number of nitrogens with zero attached hydrogens (tertiary/aromatic N) is 1. The summed E-state index contributed by atoms with van der Waals surface area (Å²) in [6.07, 6.45) is 17.5. The van der Waals surface area contributed by atoms with Crippen LogP contribution in [-0.2, 0) is 4.74 Å². The molecule has 0 spiro atoms. The Hall–Kier alpha value is -2.26. The Morgan fingerprint density at radius 1 is 1.29 bits per heavy atom. The number of pyridine rings is 1. The van der Waals surface area contributed by atoms with Gasteiger partial charge in [0.1, 0.15) is 5.69 Å². The number of carbonyl (C=O) groups excluding carboxylic acids is 1. The summed E-state index contributed by atoms with van der Waals surface area (Å²) in [5, 5.41) is 0. The second kappa shape index (κ2) is 10.7. The summed E-state index contributed by atoms with van der Waals surface area (Å²) in [7, 11) is 1.33. The number of rotatable bonds is 1. The maximum absolute atomic E-state index is 10.7. The van der Waals surface area contributed by atoms with Crippen molar-refractivity contribution in [1.82, 2.24) is 4.98 Å². The average Bonchev–Trinajstić information content (AvgIpc) is 2.34. The Kier molecular flexibility index (Phi) is 11.0. The summed E-state index contributed by atoms with van der Waals surface area (Å²) in [6, 6.07) is 5.08. The molecule has 1 rings (SSSR count). The molecule has 0 atom stereocenters. The molecule has 1 heterocycles. The van der Waals surface area contributed by atoms with E-state index in [1.54, 1.807) is 24.4 Å². The summed E-state index contributed by atoms with van der Waals surface area (Å²) < 4.78 is 4.43. The van der Waals surface area contributed by atoms with Crippen molar-refractivity contribution in [2.75, 3.05) is 7.11 Å². The molecule has 3 heteroatoms. The quantitative estimate of drug-likeness (QED) is 0.494. The first-order valence-corrected chi connectivity index (χ1v) is 3.50. The van der Waals surface area contributed by atoms with Crippen molar-refractivity contribution in [2.45, 2.75) is 0 Å². The molecule has 0 radical (unpaired) electrons. The van der Waals surface area contributed by atoms with Gasteiger partial charge in [-0.3, -0.25) is 0 Å². The van der Waals surface area contributed by atoms with Crippen molar-refractivity contribution in [1.29, 1.82) is 0 Å². The number of methoxy groups -OCH3 is 1. The Labute approximate surface area is 84.1 Å². The first-order valence-electron chi connectivity index (χ1n) is 3.50. The predicted octanol–water partition coefficient (Wildman–Crippen LogP) is 1.37. The lowest BCUT2D eigenvalue weighted by Gasteiger charge is -1.94. The average molecular weight is 189 g/mol. The van der Waals surface area contributed by atoms with Crippen LogP contribution in [0.5, 0.6) is 0 Å². The van der Waals surface area contributed by atoms with E-state index in [4.69, 9.17) is 0 Å². The fourth-order valence-corrected chi connectivity index (χ4v) is 0.588. The zero-order valence-corrected chi connectivity index (χ0v) is 7.88. The van der Waals surface area contributed by atoms with Crippen molar-refractivity contribution >= 4 is 5.97 Å². The topological polar surface area (TPSA) is 39.2 Å². The van der Waals surface area contributed by atoms with E-state index >= 15 is 0 Å². The van der Waals surface area contributed by atoms with Crippen molar-refractivity contribution in [2.24, 2.45) is 0 Å². The summed E-state index contributed by atoms with van der Waals surface area (Å²) in [5.74, 6) is -0.402. The largest absolute Gasteiger partial charge is 0.464 e. The first kappa shape index (κ1) is 14.3. The molecule has 0 aliphatic rings. The van der Waals surface area contributed by atoms with E-state index in [1.807, 2.05) is 0 Å². The van der Waals surface area contributed by atoms with Crippen LogP contribution >= 0.6 is 0 Å². The SMILES string of the molecule is C#C.C#C.COC(=O)c1ccccn1. The number of hydrogen-bond donors (Lipinski definition) is 0. The second-order valence-electron chi connectivity index (χ2n) is 1.71. The highest BCUT2D eigenvalue weighted by molar-refractivity contribution is 5.86. The van der Waals surface area contributed by atoms with Crippen molar-refractivity contribution < 1.29 is 9.53 Å². The molecule has 0 aromatic carbocycles. The van der Waals surface area contributed by atoms with Gasteiger partial charge < -0.3 is 4.74 Å². The normalized spacial score (nSPS) is 6.64. The highest BCUT2D eigenvalue weighted by Crippen LogP contribution is 1.93. The number of ether oxygens (including phenoxy) is 1. The van der Waals surface area contributed by atoms with E-state index in [0.29, 0.717) is 5.69 Å². The summed E-state index contributed by atoms with van der Waals surface area (Å²) in [4.78, 5) is 14.5. The van der Waals surface area contributed by atoms with Crippen LogP contribution in [0.2, 0.25) is 0 Å². The third kappa shape index (κ3) is 5.40. The minimum atomic E-state index is -0.402. The zero-order valence-electron chi connectivity index (χ0n) is 7.88. The van der Waals surface area contributed by atoms with Gasteiger partial charge in [0.2, 0.25) is 0 Å². The van der Waals surface area contributed by atoms with E-state index in [-0.39, 0.29) is 0 Å². The Morgan fingerprint density at radius 2 is 1.86 bits per heavy atom. The van der Waals surface area contributed by atoms with Crippen LogP contribution in [0.25, 0.3) is 0 Å². The van der Waals surface area contributed by atoms with Crippen LogP contribution in [-0.4, -0.2) is 18.1 Å². The molecule has 0 saturated heterocycles. The van der Waals surface area contributed by atoms with Crippen LogP contribution in [0, 0.1) is 25.7 Å². The minimum absolute atomic E-state index is 0.338. The fraction of sp³-hybridized carbons (Fsp3) is 0.0909. The van der Waals surface area contributed by atoms with Crippen LogP contribution in [0.3, 0.4) is 0 Å². The van der Waals surface area contributed by atoms with Gasteiger partial charge in [-0.25, -0.2) is 9.78 Å². The standard InChI is InChI=1S/C7H7NO2.2C2H2/c1-10-7(9)6-4-2-3-5-8-6;2*1-2/h2-5H,1H3;2*1-2H. The van der Waals surface area contributed by atoms with Gasteiger partial charge in [0.15, 0.2) is 0 Å². The second-order valence-corrected chi connectivity index (χ2v) is 1.71. The molecule has 0 aliphatic heterocycles. The van der Waals surface area contributed by atoms with E-state index in [9.17, 15) is 4.79 Å². The molecule has 0 fully saturated rings. The molecule has 0 amide bonds. The lowest BCUT2D eigenvalue weighted by molar-refractivity contribution is 0.0594. The van der Waals surface area contributed by atoms with Gasteiger partial charge in [-0.15, -0.1) is 25.7 Å². The van der Waals surface area contributed by atoms with Gasteiger partial charge in [0.25, 0.3) is 0 Å². The van der Waals surface area contributed by atoms with Gasteiger partial charge in [0, 0.05) is 6.20 Å². The van der Waals surface area contributed by atoms with Gasteiger partial charge in [-0.1, -0.05) is 6.07 Å². The lowest BCUT2D eigenvalue weighted by atomic mass is 10.4. The number of hydrogen-bond acceptors (Lipinski definition) is 3. The molecule has 3 nitrogen and oxygen atoms in total. The lowest BCUT2D eigenvalue weighted by Crippen LogP contribution is -2.02. The Morgan fingerprint density at radius 3 is 2.21 bits per heavy atom. The molecular weight excluding hydrogens is 178 g/mol. The molecule has 0 saturated carbocycles. The summed E-state index contributed by atoms with van der Waals surface area (Å²) >= 11 is 0. The third-order valence-corrected chi connectivity index (χ3v) is 1.06. The molecule has 0 bridgehead atoms. The van der Waals surface area contributed by atoms with E-state index < -0.39 is 5.97 Å². The molecule has 0 unspecified atom stereocenters. The van der Waals surface area contributed by atoms with Gasteiger partial charge in [-0.2, -0.15) is 0 Å². The number of aromatic nitrogens is 1. The monoisotopic (exact) mass is 189 g/mol. The van der Waals surface area contributed by atoms with Crippen molar-refractivity contribution in [3.63, 3.8) is 0 Å². The van der Waals surface area contributed by atoms with Crippen molar-refractivity contribution in [3.05, 3.63) is 30.1 Å². The van der Waals surface area contributed by atoms with Gasteiger partial charge >= 0.3 is 5.97 Å². The van der Waals surface area contributed by atoms with Crippen molar-refractivity contribution in [3.8, 4) is 25.7 Å². The Balaban J connectivity index is 0. The van der Waals surface area contributed by atoms with Crippen LogP contribution < -0.4 is 0 Å². The maximum Gasteiger partial charge on any atom is 0.356 e. The summed E-state index contributed by atoms with van der Waals surface area (Å²) in [5.41, 5.74) is 0.338. The molecule has 0 N–H and O–H groups in total. The minimum Gasteiger partial charge on any atom is -0.464 e. The molecular formula is C11H11NO2. The third-order valence-electron chi connectivity index (χ3n) is 1.06. The smallest absolute Gasteiger partial charge is 0.356 e. The van der Waals surface area contributed by atoms with Gasteiger partial charge in [0.05, 0.1) is 7.11 Å². The molecule has 14 heavy (non-hydrogen) atoms. The van der Waals surface area contributed by atoms with Crippen LogP contribution in [0.15, 0.2) is 24.4 Å². The first-order chi connectivity index (χ1) is 6.84. The summed E-state index contributed by atoms with van der Waals surface area (Å²) in [6.45, 7) is 0. The maximum atomic E-state index is 10.7. The van der Waals surface area contributed by atoms with Crippen LogP contribution in [0.4, 0.5) is 0 Å². The molecule has 1 aromatic rings. The van der Waals surface area contributed by atoms with Gasteiger partial charge in [-0.05, 0) is 12.1 Å². The van der Waals surface area contributed by atoms with Crippen LogP contribution in [0.1, 0.15) is 10.5 Å². The fourth-order valence-electron chi connectivity index (χ4n) is 0.588. The number of carbonyl (C=O) groups is 1. The Bertz CT molecular complexity index is 282. The van der Waals surface area contributed by atoms with E-state index in [0.717, 1.165) is 0 Å². The highest BCUT2D eigenvalue weighted by Gasteiger charge is 2.02. The van der Waals surface area contributed by atoms with E-state index in [2.05, 4.69) is 35.4 Å². The van der Waals surface area contributed by atoms with E-state index in [1.165, 1.54) is 7.11 Å². The molecule has 0 aliphatic carbocycles. The molecule has 72 valence electrons. The zero-order chi connectivity index (χ0) is 11.4. The predicted molar refractivity (Wildman–Crippen MR) is 55.4 cm³/mol. The number of esters is 1. The molecule has 1 aromatic heterocycles. The number of terminal acetylenes is 2.